The van der Waals surface area contributed by atoms with Crippen molar-refractivity contribution in [2.75, 3.05) is 0 Å². The molecule has 1 aliphatic carbocycles. The van der Waals surface area contributed by atoms with E-state index in [1.807, 2.05) is 30.3 Å². The van der Waals surface area contributed by atoms with Crippen LogP contribution in [0.1, 0.15) is 12.0 Å². The number of imide groups is 1. The number of nitrogens with zero attached hydrogens (tertiary/aromatic N) is 1. The van der Waals surface area contributed by atoms with Gasteiger partial charge in [0.15, 0.2) is 0 Å². The molecule has 2 heterocycles. The van der Waals surface area contributed by atoms with Crippen LogP contribution in [0.15, 0.2) is 36.5 Å². The molecule has 0 radical (unpaired) electrons. The molecule has 2 amide bonds. The van der Waals surface area contributed by atoms with Gasteiger partial charge >= 0.3 is 0 Å². The van der Waals surface area contributed by atoms with Crippen molar-refractivity contribution in [1.82, 2.24) is 10.3 Å². The Morgan fingerprint density at radius 2 is 2.11 bits per heavy atom. The normalized spacial score (nSPS) is 29.2. The molecule has 18 heavy (non-hydrogen) atoms. The third-order valence-corrected chi connectivity index (χ3v) is 4.05. The minimum atomic E-state index is -0.625. The van der Waals surface area contributed by atoms with Crippen molar-refractivity contribution in [3.63, 3.8) is 0 Å². The van der Waals surface area contributed by atoms with Gasteiger partial charge in [0.1, 0.15) is 0 Å². The summed E-state index contributed by atoms with van der Waals surface area (Å²) in [5.41, 5.74) is 1.17. The van der Waals surface area contributed by atoms with Crippen molar-refractivity contribution in [3.8, 4) is 0 Å². The third kappa shape index (κ3) is 0.984. The van der Waals surface area contributed by atoms with Crippen LogP contribution in [0.4, 0.5) is 0 Å². The number of rotatable bonds is 1. The molecule has 4 heteroatoms. The lowest BCUT2D eigenvalue weighted by Gasteiger charge is -2.12. The van der Waals surface area contributed by atoms with E-state index in [9.17, 15) is 9.59 Å². The zero-order chi connectivity index (χ0) is 12.3. The number of carbonyl (C=O) groups excluding carboxylic acids is 2. The zero-order valence-electron chi connectivity index (χ0n) is 9.51. The highest BCUT2D eigenvalue weighted by atomic mass is 16.2. The van der Waals surface area contributed by atoms with Gasteiger partial charge < -0.3 is 0 Å². The highest BCUT2D eigenvalue weighted by Crippen LogP contribution is 2.58. The standard InChI is InChI=1S/C14H10N2O2/c17-12-10-7-14(10,13(18)16-12)9-4-1-5-11-8(9)3-2-6-15-11/h1-6,10H,7H2,(H,16,17,18)/t10-,14+/m0/s1. The molecule has 1 aromatic carbocycles. The van der Waals surface area contributed by atoms with Crippen molar-refractivity contribution >= 4 is 22.7 Å². The number of hydrogen-bond donors (Lipinski definition) is 1. The lowest BCUT2D eigenvalue weighted by molar-refractivity contribution is -0.127. The molecular formula is C14H10N2O2. The van der Waals surface area contributed by atoms with Gasteiger partial charge in [0, 0.05) is 11.6 Å². The molecule has 4 nitrogen and oxygen atoms in total. The van der Waals surface area contributed by atoms with E-state index in [4.69, 9.17) is 0 Å². The first-order valence-corrected chi connectivity index (χ1v) is 5.93. The van der Waals surface area contributed by atoms with Crippen LogP contribution in [0.25, 0.3) is 10.9 Å². The van der Waals surface area contributed by atoms with Gasteiger partial charge in [-0.25, -0.2) is 0 Å². The third-order valence-electron chi connectivity index (χ3n) is 4.05. The number of fused-ring (bicyclic) bond motifs is 2. The van der Waals surface area contributed by atoms with Gasteiger partial charge in [-0.05, 0) is 24.1 Å². The first-order chi connectivity index (χ1) is 8.73. The van der Waals surface area contributed by atoms with Crippen LogP contribution >= 0.6 is 0 Å². The maximum absolute atomic E-state index is 12.0. The van der Waals surface area contributed by atoms with Crippen LogP contribution in [0.5, 0.6) is 0 Å². The number of amides is 2. The molecule has 1 N–H and O–H groups in total. The lowest BCUT2D eigenvalue weighted by Crippen LogP contribution is -2.30. The summed E-state index contributed by atoms with van der Waals surface area (Å²) in [5, 5.41) is 3.39. The second-order valence-electron chi connectivity index (χ2n) is 4.92. The van der Waals surface area contributed by atoms with E-state index in [1.165, 1.54) is 0 Å². The molecule has 2 aliphatic rings. The quantitative estimate of drug-likeness (QED) is 0.758. The van der Waals surface area contributed by atoms with Gasteiger partial charge in [0.2, 0.25) is 11.8 Å². The Morgan fingerprint density at radius 1 is 1.22 bits per heavy atom. The van der Waals surface area contributed by atoms with Gasteiger partial charge in [0.05, 0.1) is 16.8 Å². The first-order valence-electron chi connectivity index (χ1n) is 5.93. The Hall–Kier alpha value is -2.23. The second-order valence-corrected chi connectivity index (χ2v) is 4.92. The minimum absolute atomic E-state index is 0.138. The van der Waals surface area contributed by atoms with Crippen LogP contribution in [0.3, 0.4) is 0 Å². The van der Waals surface area contributed by atoms with Crippen molar-refractivity contribution < 1.29 is 9.59 Å². The number of nitrogens with one attached hydrogen (secondary N) is 1. The predicted octanol–water partition coefficient (Wildman–Crippen LogP) is 1.15. The van der Waals surface area contributed by atoms with Crippen LogP contribution < -0.4 is 5.32 Å². The van der Waals surface area contributed by atoms with Gasteiger partial charge in [-0.15, -0.1) is 0 Å². The molecule has 2 aromatic rings. The molecule has 2 atom stereocenters. The average Bonchev–Trinajstić information content (AvgIpc) is 3.09. The van der Waals surface area contributed by atoms with E-state index >= 15 is 0 Å². The Bertz CT molecular complexity index is 705. The summed E-state index contributed by atoms with van der Waals surface area (Å²) in [4.78, 5) is 27.9. The fraction of sp³-hybridized carbons (Fsp3) is 0.214. The maximum Gasteiger partial charge on any atom is 0.238 e. The summed E-state index contributed by atoms with van der Waals surface area (Å²) >= 11 is 0. The van der Waals surface area contributed by atoms with Gasteiger partial charge in [-0.1, -0.05) is 18.2 Å². The summed E-state index contributed by atoms with van der Waals surface area (Å²) in [7, 11) is 0. The zero-order valence-corrected chi connectivity index (χ0v) is 9.51. The van der Waals surface area contributed by atoms with E-state index in [-0.39, 0.29) is 17.7 Å². The number of pyridine rings is 1. The summed E-state index contributed by atoms with van der Waals surface area (Å²) in [6.07, 6.45) is 2.36. The average molecular weight is 238 g/mol. The molecule has 2 fully saturated rings. The summed E-state index contributed by atoms with van der Waals surface area (Å²) in [5.74, 6) is -0.481. The summed E-state index contributed by atoms with van der Waals surface area (Å²) in [6.45, 7) is 0. The van der Waals surface area contributed by atoms with Gasteiger partial charge in [-0.3, -0.25) is 19.9 Å². The molecule has 1 aliphatic heterocycles. The summed E-state index contributed by atoms with van der Waals surface area (Å²) in [6, 6.07) is 9.56. The Kier molecular flexibility index (Phi) is 1.60. The molecule has 1 saturated heterocycles. The van der Waals surface area contributed by atoms with E-state index in [2.05, 4.69) is 10.3 Å². The topological polar surface area (TPSA) is 59.1 Å². The van der Waals surface area contributed by atoms with Crippen LogP contribution in [-0.4, -0.2) is 16.8 Å². The number of piperidine rings is 1. The SMILES string of the molecule is O=C1NC(=O)[C@@]2(c3cccc4ncccc34)C[C@@H]12. The number of aromatic nitrogens is 1. The molecule has 1 aromatic heterocycles. The van der Waals surface area contributed by atoms with E-state index in [0.717, 1.165) is 16.5 Å². The van der Waals surface area contributed by atoms with Crippen molar-refractivity contribution in [3.05, 3.63) is 42.1 Å². The number of benzene rings is 1. The summed E-state index contributed by atoms with van der Waals surface area (Å²) < 4.78 is 0. The molecule has 0 spiro atoms. The molecule has 88 valence electrons. The maximum atomic E-state index is 12.0. The Morgan fingerprint density at radius 3 is 2.83 bits per heavy atom. The minimum Gasteiger partial charge on any atom is -0.295 e. The van der Waals surface area contributed by atoms with Crippen LogP contribution in [0, 0.1) is 5.92 Å². The van der Waals surface area contributed by atoms with E-state index in [0.29, 0.717) is 6.42 Å². The molecule has 1 saturated carbocycles. The van der Waals surface area contributed by atoms with Crippen molar-refractivity contribution in [1.29, 1.82) is 0 Å². The second kappa shape index (κ2) is 2.96. The fourth-order valence-corrected chi connectivity index (χ4v) is 3.05. The monoisotopic (exact) mass is 238 g/mol. The molecule has 0 unspecified atom stereocenters. The lowest BCUT2D eigenvalue weighted by atomic mass is 9.91. The highest BCUT2D eigenvalue weighted by Gasteiger charge is 2.69. The number of hydrogen-bond acceptors (Lipinski definition) is 3. The smallest absolute Gasteiger partial charge is 0.238 e. The largest absolute Gasteiger partial charge is 0.295 e. The van der Waals surface area contributed by atoms with Crippen molar-refractivity contribution in [2.45, 2.75) is 11.8 Å². The Labute approximate surface area is 103 Å². The van der Waals surface area contributed by atoms with Gasteiger partial charge in [-0.2, -0.15) is 0 Å². The molecule has 0 bridgehead atoms. The van der Waals surface area contributed by atoms with Crippen LogP contribution in [0.2, 0.25) is 0 Å². The predicted molar refractivity (Wildman–Crippen MR) is 64.7 cm³/mol. The van der Waals surface area contributed by atoms with E-state index < -0.39 is 5.41 Å². The molecule has 4 rings (SSSR count). The van der Waals surface area contributed by atoms with Crippen LogP contribution in [-0.2, 0) is 15.0 Å². The highest BCUT2D eigenvalue weighted by molar-refractivity contribution is 6.16. The van der Waals surface area contributed by atoms with Crippen molar-refractivity contribution in [2.24, 2.45) is 5.92 Å². The molecular weight excluding hydrogens is 228 g/mol. The fourth-order valence-electron chi connectivity index (χ4n) is 3.05. The van der Waals surface area contributed by atoms with E-state index in [1.54, 1.807) is 6.20 Å². The number of carbonyl (C=O) groups is 2. The first kappa shape index (κ1) is 9.76. The Balaban J connectivity index is 2.00. The van der Waals surface area contributed by atoms with Gasteiger partial charge in [0.25, 0.3) is 0 Å².